The van der Waals surface area contributed by atoms with Gasteiger partial charge in [0.25, 0.3) is 0 Å². The Morgan fingerprint density at radius 3 is 1.65 bits per heavy atom. The molecule has 0 amide bonds. The normalized spacial score (nSPS) is 11.0. The minimum absolute atomic E-state index is 0.909. The molecule has 0 atom stereocenters. The van der Waals surface area contributed by atoms with E-state index < -0.39 is 0 Å². The van der Waals surface area contributed by atoms with Gasteiger partial charge in [-0.05, 0) is 40.1 Å². The number of fused-ring (bicyclic) bond motifs is 2. The fourth-order valence-corrected chi connectivity index (χ4v) is 3.49. The van der Waals surface area contributed by atoms with Crippen LogP contribution in [0.3, 0.4) is 0 Å². The Kier molecular flexibility index (Phi) is 3.27. The Morgan fingerprint density at radius 1 is 0.609 bits per heavy atom. The maximum absolute atomic E-state index is 5.63. The number of hydrogen-bond acceptors (Lipinski definition) is 1. The summed E-state index contributed by atoms with van der Waals surface area (Å²) in [4.78, 5) is 0. The van der Waals surface area contributed by atoms with Crippen molar-refractivity contribution in [2.45, 2.75) is 6.92 Å². The predicted molar refractivity (Wildman–Crippen MR) is 98.2 cm³/mol. The molecule has 0 aromatic heterocycles. The Morgan fingerprint density at radius 2 is 1.09 bits per heavy atom. The highest BCUT2D eigenvalue weighted by atomic mass is 16.5. The Balaban J connectivity index is 2.26. The van der Waals surface area contributed by atoms with Gasteiger partial charge in [-0.15, -0.1) is 0 Å². The first-order valence-corrected chi connectivity index (χ1v) is 7.84. The highest BCUT2D eigenvalue weighted by Gasteiger charge is 2.15. The monoisotopic (exact) mass is 298 g/mol. The SMILES string of the molecule is COc1ccccc1-c1c2ccccc2c(C)c2ccccc12. The summed E-state index contributed by atoms with van der Waals surface area (Å²) in [6.07, 6.45) is 0. The molecular formula is C22H18O. The van der Waals surface area contributed by atoms with E-state index in [1.807, 2.05) is 12.1 Å². The zero-order valence-corrected chi connectivity index (χ0v) is 13.3. The number of rotatable bonds is 2. The predicted octanol–water partition coefficient (Wildman–Crippen LogP) is 5.98. The van der Waals surface area contributed by atoms with Crippen LogP contribution in [-0.4, -0.2) is 7.11 Å². The van der Waals surface area contributed by atoms with E-state index in [-0.39, 0.29) is 0 Å². The number of ether oxygens (including phenoxy) is 1. The number of benzene rings is 4. The number of hydrogen-bond donors (Lipinski definition) is 0. The topological polar surface area (TPSA) is 9.23 Å². The molecule has 4 rings (SSSR count). The van der Waals surface area contributed by atoms with E-state index in [9.17, 15) is 0 Å². The minimum Gasteiger partial charge on any atom is -0.496 e. The van der Waals surface area contributed by atoms with Crippen LogP contribution in [0.2, 0.25) is 0 Å². The highest BCUT2D eigenvalue weighted by Crippen LogP contribution is 2.42. The molecule has 1 nitrogen and oxygen atoms in total. The van der Waals surface area contributed by atoms with Crippen molar-refractivity contribution in [2.24, 2.45) is 0 Å². The number of aryl methyl sites for hydroxylation is 1. The van der Waals surface area contributed by atoms with E-state index in [1.165, 1.54) is 32.7 Å². The molecule has 0 aliphatic rings. The minimum atomic E-state index is 0.909. The first-order valence-electron chi connectivity index (χ1n) is 7.84. The zero-order chi connectivity index (χ0) is 15.8. The second-order valence-electron chi connectivity index (χ2n) is 5.79. The molecule has 0 radical (unpaired) electrons. The fourth-order valence-electron chi connectivity index (χ4n) is 3.49. The molecule has 4 aromatic rings. The summed E-state index contributed by atoms with van der Waals surface area (Å²) < 4.78 is 5.63. The first kappa shape index (κ1) is 13.8. The van der Waals surface area contributed by atoms with Gasteiger partial charge in [-0.1, -0.05) is 66.7 Å². The van der Waals surface area contributed by atoms with Gasteiger partial charge in [0, 0.05) is 11.1 Å². The van der Waals surface area contributed by atoms with Crippen LogP contribution in [0.1, 0.15) is 5.56 Å². The van der Waals surface area contributed by atoms with Crippen molar-refractivity contribution in [1.82, 2.24) is 0 Å². The van der Waals surface area contributed by atoms with E-state index in [0.29, 0.717) is 0 Å². The molecule has 0 saturated carbocycles. The van der Waals surface area contributed by atoms with Gasteiger partial charge in [-0.2, -0.15) is 0 Å². The van der Waals surface area contributed by atoms with Crippen molar-refractivity contribution in [1.29, 1.82) is 0 Å². The summed E-state index contributed by atoms with van der Waals surface area (Å²) in [6, 6.07) is 25.5. The molecule has 0 aliphatic carbocycles. The number of para-hydroxylation sites is 1. The van der Waals surface area contributed by atoms with Crippen LogP contribution in [0, 0.1) is 6.92 Å². The Hall–Kier alpha value is -2.80. The van der Waals surface area contributed by atoms with E-state index in [0.717, 1.165) is 11.3 Å². The third kappa shape index (κ3) is 2.08. The van der Waals surface area contributed by atoms with Crippen molar-refractivity contribution in [3.05, 3.63) is 78.4 Å². The smallest absolute Gasteiger partial charge is 0.126 e. The van der Waals surface area contributed by atoms with Crippen LogP contribution in [-0.2, 0) is 0 Å². The third-order valence-electron chi connectivity index (χ3n) is 4.58. The van der Waals surface area contributed by atoms with Crippen molar-refractivity contribution < 1.29 is 4.74 Å². The van der Waals surface area contributed by atoms with Gasteiger partial charge in [0.05, 0.1) is 7.11 Å². The van der Waals surface area contributed by atoms with Crippen molar-refractivity contribution in [3.8, 4) is 16.9 Å². The molecule has 0 N–H and O–H groups in total. The summed E-state index contributed by atoms with van der Waals surface area (Å²) in [5.74, 6) is 0.909. The molecule has 0 spiro atoms. The van der Waals surface area contributed by atoms with Gasteiger partial charge in [0.15, 0.2) is 0 Å². The van der Waals surface area contributed by atoms with Crippen LogP contribution in [0.25, 0.3) is 32.7 Å². The lowest BCUT2D eigenvalue weighted by atomic mass is 9.88. The zero-order valence-electron chi connectivity index (χ0n) is 13.3. The Bertz CT molecular complexity index is 958. The lowest BCUT2D eigenvalue weighted by Gasteiger charge is -2.17. The molecule has 112 valence electrons. The molecule has 0 aliphatic heterocycles. The maximum Gasteiger partial charge on any atom is 0.126 e. The van der Waals surface area contributed by atoms with Gasteiger partial charge >= 0.3 is 0 Å². The fraction of sp³-hybridized carbons (Fsp3) is 0.0909. The van der Waals surface area contributed by atoms with Gasteiger partial charge in [0.1, 0.15) is 5.75 Å². The molecule has 0 unspecified atom stereocenters. The summed E-state index contributed by atoms with van der Waals surface area (Å²) in [7, 11) is 1.73. The Labute approximate surface area is 136 Å². The number of methoxy groups -OCH3 is 1. The lowest BCUT2D eigenvalue weighted by Crippen LogP contribution is -1.92. The van der Waals surface area contributed by atoms with Gasteiger partial charge in [-0.25, -0.2) is 0 Å². The van der Waals surface area contributed by atoms with Gasteiger partial charge < -0.3 is 4.74 Å². The molecule has 1 heteroatoms. The van der Waals surface area contributed by atoms with E-state index in [1.54, 1.807) is 7.11 Å². The average Bonchev–Trinajstić information content (AvgIpc) is 2.62. The quantitative estimate of drug-likeness (QED) is 0.414. The molecule has 0 heterocycles. The lowest BCUT2D eigenvalue weighted by molar-refractivity contribution is 0.416. The molecule has 23 heavy (non-hydrogen) atoms. The third-order valence-corrected chi connectivity index (χ3v) is 4.58. The van der Waals surface area contributed by atoms with Crippen molar-refractivity contribution in [3.63, 3.8) is 0 Å². The van der Waals surface area contributed by atoms with Crippen LogP contribution >= 0.6 is 0 Å². The molecular weight excluding hydrogens is 280 g/mol. The largest absolute Gasteiger partial charge is 0.496 e. The molecule has 4 aromatic carbocycles. The average molecular weight is 298 g/mol. The van der Waals surface area contributed by atoms with Crippen molar-refractivity contribution in [2.75, 3.05) is 7.11 Å². The van der Waals surface area contributed by atoms with Gasteiger partial charge in [0.2, 0.25) is 0 Å². The molecule has 0 saturated heterocycles. The van der Waals surface area contributed by atoms with Crippen LogP contribution in [0.4, 0.5) is 0 Å². The van der Waals surface area contributed by atoms with Crippen LogP contribution < -0.4 is 4.74 Å². The molecule has 0 bridgehead atoms. The van der Waals surface area contributed by atoms with Crippen molar-refractivity contribution >= 4 is 21.5 Å². The summed E-state index contributed by atoms with van der Waals surface area (Å²) in [5.41, 5.74) is 3.72. The second-order valence-corrected chi connectivity index (χ2v) is 5.79. The van der Waals surface area contributed by atoms with E-state index in [2.05, 4.69) is 67.6 Å². The maximum atomic E-state index is 5.63. The van der Waals surface area contributed by atoms with Crippen LogP contribution in [0.5, 0.6) is 5.75 Å². The second kappa shape index (κ2) is 5.44. The van der Waals surface area contributed by atoms with Crippen LogP contribution in [0.15, 0.2) is 72.8 Å². The van der Waals surface area contributed by atoms with E-state index >= 15 is 0 Å². The van der Waals surface area contributed by atoms with Gasteiger partial charge in [-0.3, -0.25) is 0 Å². The standard InChI is InChI=1S/C22H18O/c1-15-16-9-3-5-11-18(16)22(19-12-6-4-10-17(15)19)20-13-7-8-14-21(20)23-2/h3-14H,1-2H3. The first-order chi connectivity index (χ1) is 11.3. The van der Waals surface area contributed by atoms with E-state index in [4.69, 9.17) is 4.74 Å². The summed E-state index contributed by atoms with van der Waals surface area (Å²) >= 11 is 0. The highest BCUT2D eigenvalue weighted by molar-refractivity contribution is 6.15. The molecule has 0 fully saturated rings. The summed E-state index contributed by atoms with van der Waals surface area (Å²) in [5, 5.41) is 5.14. The summed E-state index contributed by atoms with van der Waals surface area (Å²) in [6.45, 7) is 2.21.